The normalized spacial score (nSPS) is 11.1. The number of nitrogens with one attached hydrogen (secondary N) is 1. The minimum absolute atomic E-state index is 0.0827. The SMILES string of the molecule is Cc1ccc(C)c(NC(=O)c2cc3c(C)nn(-c4ccccc4C)c3s2)c1. The van der Waals surface area contributed by atoms with E-state index < -0.39 is 0 Å². The molecule has 2 heterocycles. The molecule has 0 bridgehead atoms. The molecule has 0 aliphatic heterocycles. The van der Waals surface area contributed by atoms with Crippen molar-refractivity contribution in [2.75, 3.05) is 5.32 Å². The molecule has 5 heteroatoms. The Balaban J connectivity index is 1.74. The van der Waals surface area contributed by atoms with Crippen LogP contribution in [-0.4, -0.2) is 15.7 Å². The zero-order chi connectivity index (χ0) is 19.1. The van der Waals surface area contributed by atoms with Crippen LogP contribution in [-0.2, 0) is 0 Å². The van der Waals surface area contributed by atoms with Gasteiger partial charge in [-0.25, -0.2) is 4.68 Å². The van der Waals surface area contributed by atoms with E-state index in [0.717, 1.165) is 44.0 Å². The molecule has 4 nitrogen and oxygen atoms in total. The lowest BCUT2D eigenvalue weighted by Gasteiger charge is -2.08. The first-order valence-electron chi connectivity index (χ1n) is 8.88. The standard InChI is InChI=1S/C22H21N3OS/c1-13-9-10-14(2)18(11-13)23-21(26)20-12-17-16(4)24-25(22(17)27-20)19-8-6-5-7-15(19)3/h5-12H,1-4H3,(H,23,26). The number of hydrogen-bond donors (Lipinski definition) is 1. The number of nitrogens with zero attached hydrogens (tertiary/aromatic N) is 2. The third kappa shape index (κ3) is 3.15. The van der Waals surface area contributed by atoms with Crippen LogP contribution in [0.2, 0.25) is 0 Å². The second-order valence-electron chi connectivity index (χ2n) is 6.89. The van der Waals surface area contributed by atoms with Crippen LogP contribution >= 0.6 is 11.3 Å². The highest BCUT2D eigenvalue weighted by Crippen LogP contribution is 2.32. The van der Waals surface area contributed by atoms with Gasteiger partial charge in [-0.1, -0.05) is 30.3 Å². The molecular formula is C22H21N3OS. The number of para-hydroxylation sites is 1. The lowest BCUT2D eigenvalue weighted by Crippen LogP contribution is -2.11. The molecule has 136 valence electrons. The maximum absolute atomic E-state index is 12.8. The molecule has 27 heavy (non-hydrogen) atoms. The van der Waals surface area contributed by atoms with Crippen molar-refractivity contribution in [2.45, 2.75) is 27.7 Å². The van der Waals surface area contributed by atoms with Crippen LogP contribution in [0.4, 0.5) is 5.69 Å². The number of rotatable bonds is 3. The summed E-state index contributed by atoms with van der Waals surface area (Å²) >= 11 is 1.47. The van der Waals surface area contributed by atoms with Gasteiger partial charge in [-0.3, -0.25) is 4.79 Å². The molecular weight excluding hydrogens is 354 g/mol. The fourth-order valence-electron chi connectivity index (χ4n) is 3.18. The molecule has 0 radical (unpaired) electrons. The van der Waals surface area contributed by atoms with Crippen LogP contribution in [0, 0.1) is 27.7 Å². The molecule has 0 saturated carbocycles. The average Bonchev–Trinajstić information content (AvgIpc) is 3.20. The summed E-state index contributed by atoms with van der Waals surface area (Å²) in [5.74, 6) is -0.0827. The summed E-state index contributed by atoms with van der Waals surface area (Å²) in [6.45, 7) is 8.07. The van der Waals surface area contributed by atoms with Crippen molar-refractivity contribution >= 4 is 33.1 Å². The van der Waals surface area contributed by atoms with Crippen molar-refractivity contribution < 1.29 is 4.79 Å². The Morgan fingerprint density at radius 2 is 1.78 bits per heavy atom. The highest BCUT2D eigenvalue weighted by molar-refractivity contribution is 7.20. The second-order valence-corrected chi connectivity index (χ2v) is 7.92. The Morgan fingerprint density at radius 3 is 2.56 bits per heavy atom. The zero-order valence-electron chi connectivity index (χ0n) is 15.8. The molecule has 0 spiro atoms. The maximum atomic E-state index is 12.8. The largest absolute Gasteiger partial charge is 0.321 e. The van der Waals surface area contributed by atoms with Crippen molar-refractivity contribution in [1.82, 2.24) is 9.78 Å². The predicted molar refractivity (Wildman–Crippen MR) is 112 cm³/mol. The molecule has 0 aliphatic carbocycles. The molecule has 2 aromatic heterocycles. The van der Waals surface area contributed by atoms with E-state index in [0.29, 0.717) is 4.88 Å². The third-order valence-corrected chi connectivity index (χ3v) is 5.86. The number of benzene rings is 2. The molecule has 0 unspecified atom stereocenters. The molecule has 0 atom stereocenters. The summed E-state index contributed by atoms with van der Waals surface area (Å²) in [4.78, 5) is 14.5. The van der Waals surface area contributed by atoms with E-state index in [1.807, 2.05) is 61.9 Å². The number of amides is 1. The molecule has 0 saturated heterocycles. The number of hydrogen-bond acceptors (Lipinski definition) is 3. The molecule has 1 amide bonds. The summed E-state index contributed by atoms with van der Waals surface area (Å²) in [6, 6.07) is 16.2. The van der Waals surface area contributed by atoms with E-state index >= 15 is 0 Å². The van der Waals surface area contributed by atoms with Crippen molar-refractivity contribution in [1.29, 1.82) is 0 Å². The number of carbonyl (C=O) groups is 1. The zero-order valence-corrected chi connectivity index (χ0v) is 16.6. The van der Waals surface area contributed by atoms with Crippen LogP contribution in [0.15, 0.2) is 48.5 Å². The fraction of sp³-hybridized carbons (Fsp3) is 0.182. The van der Waals surface area contributed by atoms with Gasteiger partial charge in [0.05, 0.1) is 16.3 Å². The first-order chi connectivity index (χ1) is 12.9. The van der Waals surface area contributed by atoms with Gasteiger partial charge in [0.25, 0.3) is 5.91 Å². The van der Waals surface area contributed by atoms with Gasteiger partial charge in [0.2, 0.25) is 0 Å². The number of aromatic nitrogens is 2. The number of carbonyl (C=O) groups excluding carboxylic acids is 1. The van der Waals surface area contributed by atoms with E-state index in [2.05, 4.69) is 29.5 Å². The van der Waals surface area contributed by atoms with Gasteiger partial charge in [-0.05, 0) is 62.6 Å². The van der Waals surface area contributed by atoms with E-state index in [1.165, 1.54) is 11.3 Å². The lowest BCUT2D eigenvalue weighted by atomic mass is 10.1. The van der Waals surface area contributed by atoms with Crippen molar-refractivity contribution in [3.8, 4) is 5.69 Å². The first-order valence-corrected chi connectivity index (χ1v) is 9.69. The molecule has 0 aliphatic rings. The topological polar surface area (TPSA) is 46.9 Å². The van der Waals surface area contributed by atoms with Gasteiger partial charge >= 0.3 is 0 Å². The van der Waals surface area contributed by atoms with Crippen LogP contribution < -0.4 is 5.32 Å². The molecule has 2 aromatic carbocycles. The summed E-state index contributed by atoms with van der Waals surface area (Å²) in [7, 11) is 0. The van der Waals surface area contributed by atoms with Crippen LogP contribution in [0.1, 0.15) is 32.1 Å². The van der Waals surface area contributed by atoms with Gasteiger partial charge in [0.15, 0.2) is 0 Å². The Labute approximate surface area is 162 Å². The number of anilines is 1. The van der Waals surface area contributed by atoms with Gasteiger partial charge in [0.1, 0.15) is 4.83 Å². The highest BCUT2D eigenvalue weighted by Gasteiger charge is 2.18. The van der Waals surface area contributed by atoms with Gasteiger partial charge in [-0.2, -0.15) is 5.10 Å². The molecule has 1 N–H and O–H groups in total. The van der Waals surface area contributed by atoms with Gasteiger partial charge < -0.3 is 5.32 Å². The van der Waals surface area contributed by atoms with Gasteiger partial charge in [0, 0.05) is 11.1 Å². The number of fused-ring (bicyclic) bond motifs is 1. The lowest BCUT2D eigenvalue weighted by molar-refractivity contribution is 0.103. The van der Waals surface area contributed by atoms with E-state index in [-0.39, 0.29) is 5.91 Å². The predicted octanol–water partition coefficient (Wildman–Crippen LogP) is 5.57. The minimum atomic E-state index is -0.0827. The van der Waals surface area contributed by atoms with Crippen LogP contribution in [0.5, 0.6) is 0 Å². The summed E-state index contributed by atoms with van der Waals surface area (Å²) < 4.78 is 1.94. The minimum Gasteiger partial charge on any atom is -0.321 e. The third-order valence-electron chi connectivity index (χ3n) is 4.75. The average molecular weight is 375 g/mol. The fourth-order valence-corrected chi connectivity index (χ4v) is 4.25. The highest BCUT2D eigenvalue weighted by atomic mass is 32.1. The number of aryl methyl sites for hydroxylation is 4. The molecule has 0 fully saturated rings. The first kappa shape index (κ1) is 17.5. The summed E-state index contributed by atoms with van der Waals surface area (Å²) in [5, 5.41) is 8.76. The Kier molecular flexibility index (Phi) is 4.32. The quantitative estimate of drug-likeness (QED) is 0.509. The van der Waals surface area contributed by atoms with E-state index in [1.54, 1.807) is 0 Å². The number of thiophene rings is 1. The monoisotopic (exact) mass is 375 g/mol. The van der Waals surface area contributed by atoms with E-state index in [9.17, 15) is 4.79 Å². The Morgan fingerprint density at radius 1 is 1.00 bits per heavy atom. The maximum Gasteiger partial charge on any atom is 0.265 e. The second kappa shape index (κ2) is 6.67. The van der Waals surface area contributed by atoms with Crippen LogP contribution in [0.25, 0.3) is 15.9 Å². The van der Waals surface area contributed by atoms with E-state index in [4.69, 9.17) is 0 Å². The van der Waals surface area contributed by atoms with Crippen LogP contribution in [0.3, 0.4) is 0 Å². The van der Waals surface area contributed by atoms with Crippen molar-refractivity contribution in [3.63, 3.8) is 0 Å². The van der Waals surface area contributed by atoms with Gasteiger partial charge in [-0.15, -0.1) is 11.3 Å². The summed E-state index contributed by atoms with van der Waals surface area (Å²) in [5.41, 5.74) is 6.15. The molecule has 4 aromatic rings. The Hall–Kier alpha value is -2.92. The Bertz CT molecular complexity index is 1170. The summed E-state index contributed by atoms with van der Waals surface area (Å²) in [6.07, 6.45) is 0. The van der Waals surface area contributed by atoms with Crippen molar-refractivity contribution in [2.24, 2.45) is 0 Å². The smallest absolute Gasteiger partial charge is 0.265 e. The molecule has 4 rings (SSSR count). The van der Waals surface area contributed by atoms with Crippen molar-refractivity contribution in [3.05, 3.63) is 75.8 Å².